The number of benzene rings is 1. The molecule has 1 unspecified atom stereocenters. The standard InChI is InChI=1S/C13H19ClN2/c1-10(11-4-6-12(14)7-5-11)16-9-13-3-2-8-15-13/h4-7,10,13,15-16H,2-3,8-9H2,1H3/t10-,13?/m1/s1. The molecule has 1 heterocycles. The smallest absolute Gasteiger partial charge is 0.0406 e. The highest BCUT2D eigenvalue weighted by atomic mass is 35.5. The van der Waals surface area contributed by atoms with Gasteiger partial charge in [0.1, 0.15) is 0 Å². The molecule has 1 aliphatic rings. The summed E-state index contributed by atoms with van der Waals surface area (Å²) in [5.41, 5.74) is 1.29. The Hall–Kier alpha value is -0.570. The van der Waals surface area contributed by atoms with Crippen molar-refractivity contribution in [3.63, 3.8) is 0 Å². The maximum atomic E-state index is 5.87. The summed E-state index contributed by atoms with van der Waals surface area (Å²) in [4.78, 5) is 0. The molecule has 1 aromatic carbocycles. The fourth-order valence-corrected chi connectivity index (χ4v) is 2.25. The zero-order valence-electron chi connectivity index (χ0n) is 9.67. The molecule has 1 saturated heterocycles. The van der Waals surface area contributed by atoms with Gasteiger partial charge in [-0.05, 0) is 44.0 Å². The lowest BCUT2D eigenvalue weighted by Gasteiger charge is -2.17. The van der Waals surface area contributed by atoms with Gasteiger partial charge in [0.2, 0.25) is 0 Å². The summed E-state index contributed by atoms with van der Waals surface area (Å²) in [6.07, 6.45) is 2.60. The summed E-state index contributed by atoms with van der Waals surface area (Å²) in [5.74, 6) is 0. The molecule has 2 rings (SSSR count). The summed E-state index contributed by atoms with van der Waals surface area (Å²) in [6.45, 7) is 4.41. The first kappa shape index (κ1) is 11.9. The molecule has 3 heteroatoms. The van der Waals surface area contributed by atoms with Crippen molar-refractivity contribution < 1.29 is 0 Å². The van der Waals surface area contributed by atoms with E-state index < -0.39 is 0 Å². The van der Waals surface area contributed by atoms with Gasteiger partial charge in [0.25, 0.3) is 0 Å². The molecule has 0 aromatic heterocycles. The highest BCUT2D eigenvalue weighted by Crippen LogP contribution is 2.16. The molecule has 1 aliphatic heterocycles. The average molecular weight is 239 g/mol. The first-order valence-corrected chi connectivity index (χ1v) is 6.36. The van der Waals surface area contributed by atoms with Crippen LogP contribution in [-0.2, 0) is 0 Å². The Kier molecular flexibility index (Phi) is 4.22. The van der Waals surface area contributed by atoms with Gasteiger partial charge in [0.05, 0.1) is 0 Å². The van der Waals surface area contributed by atoms with Crippen molar-refractivity contribution in [3.05, 3.63) is 34.9 Å². The lowest BCUT2D eigenvalue weighted by atomic mass is 10.1. The maximum absolute atomic E-state index is 5.87. The molecule has 0 aliphatic carbocycles. The quantitative estimate of drug-likeness (QED) is 0.843. The fourth-order valence-electron chi connectivity index (χ4n) is 2.12. The molecule has 16 heavy (non-hydrogen) atoms. The second-order valence-electron chi connectivity index (χ2n) is 4.47. The summed E-state index contributed by atoms with van der Waals surface area (Å²) in [6, 6.07) is 9.10. The molecule has 2 N–H and O–H groups in total. The minimum atomic E-state index is 0.389. The average Bonchev–Trinajstić information content (AvgIpc) is 2.80. The molecule has 1 aromatic rings. The molecule has 2 atom stereocenters. The predicted octanol–water partition coefficient (Wildman–Crippen LogP) is 2.74. The Bertz CT molecular complexity index is 317. The molecule has 88 valence electrons. The summed E-state index contributed by atoms with van der Waals surface area (Å²) in [7, 11) is 0. The van der Waals surface area contributed by atoms with E-state index in [-0.39, 0.29) is 0 Å². The van der Waals surface area contributed by atoms with Gasteiger partial charge in [0.15, 0.2) is 0 Å². The van der Waals surface area contributed by atoms with E-state index >= 15 is 0 Å². The number of rotatable bonds is 4. The third kappa shape index (κ3) is 3.21. The molecule has 0 radical (unpaired) electrons. The van der Waals surface area contributed by atoms with Crippen molar-refractivity contribution in [1.29, 1.82) is 0 Å². The maximum Gasteiger partial charge on any atom is 0.0406 e. The topological polar surface area (TPSA) is 24.1 Å². The summed E-state index contributed by atoms with van der Waals surface area (Å²) >= 11 is 5.87. The zero-order valence-corrected chi connectivity index (χ0v) is 10.4. The molecule has 2 nitrogen and oxygen atoms in total. The van der Waals surface area contributed by atoms with Crippen LogP contribution in [0.2, 0.25) is 5.02 Å². The molecule has 0 spiro atoms. The normalized spacial score (nSPS) is 22.2. The van der Waals surface area contributed by atoms with Crippen molar-refractivity contribution in [3.8, 4) is 0 Å². The van der Waals surface area contributed by atoms with E-state index in [0.29, 0.717) is 12.1 Å². The third-order valence-corrected chi connectivity index (χ3v) is 3.45. The van der Waals surface area contributed by atoms with Crippen LogP contribution in [0.25, 0.3) is 0 Å². The van der Waals surface area contributed by atoms with Gasteiger partial charge in [0, 0.05) is 23.7 Å². The van der Waals surface area contributed by atoms with Crippen LogP contribution in [0.3, 0.4) is 0 Å². The second kappa shape index (κ2) is 5.67. The van der Waals surface area contributed by atoms with Crippen LogP contribution >= 0.6 is 11.6 Å². The lowest BCUT2D eigenvalue weighted by molar-refractivity contribution is 0.490. The number of halogens is 1. The van der Waals surface area contributed by atoms with Gasteiger partial charge >= 0.3 is 0 Å². The van der Waals surface area contributed by atoms with E-state index in [0.717, 1.165) is 11.6 Å². The first-order valence-electron chi connectivity index (χ1n) is 5.98. The molecule has 0 bridgehead atoms. The van der Waals surface area contributed by atoms with Gasteiger partial charge in [-0.3, -0.25) is 0 Å². The Morgan fingerprint density at radius 3 is 2.81 bits per heavy atom. The molecule has 1 fully saturated rings. The van der Waals surface area contributed by atoms with E-state index in [1.165, 1.54) is 24.9 Å². The van der Waals surface area contributed by atoms with Crippen molar-refractivity contribution in [2.45, 2.75) is 31.8 Å². The highest BCUT2D eigenvalue weighted by Gasteiger charge is 2.14. The van der Waals surface area contributed by atoms with E-state index in [1.54, 1.807) is 0 Å². The minimum Gasteiger partial charge on any atom is -0.313 e. The SMILES string of the molecule is C[C@@H](NCC1CCCN1)c1ccc(Cl)cc1. The van der Waals surface area contributed by atoms with Crippen molar-refractivity contribution >= 4 is 11.6 Å². The Morgan fingerprint density at radius 1 is 1.44 bits per heavy atom. The fraction of sp³-hybridized carbons (Fsp3) is 0.538. The predicted molar refractivity (Wildman–Crippen MR) is 68.9 cm³/mol. The van der Waals surface area contributed by atoms with E-state index in [1.807, 2.05) is 12.1 Å². The van der Waals surface area contributed by atoms with Crippen molar-refractivity contribution in [2.24, 2.45) is 0 Å². The third-order valence-electron chi connectivity index (χ3n) is 3.20. The Balaban J connectivity index is 1.82. The summed E-state index contributed by atoms with van der Waals surface area (Å²) in [5, 5.41) is 7.84. The first-order chi connectivity index (χ1) is 7.75. The Morgan fingerprint density at radius 2 is 2.19 bits per heavy atom. The van der Waals surface area contributed by atoms with Crippen LogP contribution in [0, 0.1) is 0 Å². The summed E-state index contributed by atoms with van der Waals surface area (Å²) < 4.78 is 0. The van der Waals surface area contributed by atoms with E-state index in [2.05, 4.69) is 29.7 Å². The van der Waals surface area contributed by atoms with E-state index in [4.69, 9.17) is 11.6 Å². The number of hydrogen-bond donors (Lipinski definition) is 2. The largest absolute Gasteiger partial charge is 0.313 e. The number of nitrogens with one attached hydrogen (secondary N) is 2. The monoisotopic (exact) mass is 238 g/mol. The van der Waals surface area contributed by atoms with Gasteiger partial charge in [-0.15, -0.1) is 0 Å². The number of hydrogen-bond acceptors (Lipinski definition) is 2. The van der Waals surface area contributed by atoms with Crippen LogP contribution in [0.5, 0.6) is 0 Å². The van der Waals surface area contributed by atoms with Crippen LogP contribution in [-0.4, -0.2) is 19.1 Å². The Labute approximate surface area is 102 Å². The van der Waals surface area contributed by atoms with Gasteiger partial charge in [-0.1, -0.05) is 23.7 Å². The van der Waals surface area contributed by atoms with Crippen molar-refractivity contribution in [1.82, 2.24) is 10.6 Å². The van der Waals surface area contributed by atoms with Gasteiger partial charge in [-0.25, -0.2) is 0 Å². The molecule has 0 saturated carbocycles. The molecule has 0 amide bonds. The zero-order chi connectivity index (χ0) is 11.4. The van der Waals surface area contributed by atoms with Gasteiger partial charge < -0.3 is 10.6 Å². The van der Waals surface area contributed by atoms with Crippen LogP contribution in [0.4, 0.5) is 0 Å². The van der Waals surface area contributed by atoms with Crippen LogP contribution < -0.4 is 10.6 Å². The lowest BCUT2D eigenvalue weighted by Crippen LogP contribution is -2.35. The van der Waals surface area contributed by atoms with E-state index in [9.17, 15) is 0 Å². The minimum absolute atomic E-state index is 0.389. The molecular weight excluding hydrogens is 220 g/mol. The second-order valence-corrected chi connectivity index (χ2v) is 4.91. The van der Waals surface area contributed by atoms with Crippen LogP contribution in [0.1, 0.15) is 31.4 Å². The molecular formula is C13H19ClN2. The highest BCUT2D eigenvalue weighted by molar-refractivity contribution is 6.30. The van der Waals surface area contributed by atoms with Gasteiger partial charge in [-0.2, -0.15) is 0 Å². The van der Waals surface area contributed by atoms with Crippen LogP contribution in [0.15, 0.2) is 24.3 Å². The van der Waals surface area contributed by atoms with Crippen molar-refractivity contribution in [2.75, 3.05) is 13.1 Å².